The molecular weight excluding hydrogens is 199 g/mol. The fraction of sp³-hybridized carbons (Fsp3) is 0.125. The normalized spacial score (nSPS) is 9.77. The van der Waals surface area contributed by atoms with Gasteiger partial charge in [-0.3, -0.25) is 0 Å². The number of carboxylic acid groups (broad SMARTS) is 1. The summed E-state index contributed by atoms with van der Waals surface area (Å²) < 4.78 is 17.5. The van der Waals surface area contributed by atoms with Crippen LogP contribution in [0.3, 0.4) is 0 Å². The molecule has 0 aliphatic carbocycles. The lowest BCUT2D eigenvalue weighted by Crippen LogP contribution is -2.00. The number of halogens is 2. The molecule has 70 valence electrons. The highest BCUT2D eigenvalue weighted by molar-refractivity contribution is 6.35. The number of benzene rings is 1. The molecular formula is C8H6ClFO3. The molecule has 1 aromatic carbocycles. The van der Waals surface area contributed by atoms with Crippen molar-refractivity contribution in [3.8, 4) is 5.75 Å². The third-order valence-corrected chi connectivity index (χ3v) is 1.86. The van der Waals surface area contributed by atoms with Crippen LogP contribution in [0.4, 0.5) is 4.39 Å². The highest BCUT2D eigenvalue weighted by atomic mass is 35.5. The van der Waals surface area contributed by atoms with Crippen molar-refractivity contribution in [2.75, 3.05) is 7.11 Å². The standard InChI is InChI=1S/C8H6ClFO3/c1-13-7-5(10)3-2-4(6(7)9)8(11)12/h2-3H,1H3,(H,11,12). The van der Waals surface area contributed by atoms with Crippen LogP contribution in [0, 0.1) is 5.82 Å². The Kier molecular flexibility index (Phi) is 2.72. The fourth-order valence-corrected chi connectivity index (χ4v) is 1.20. The van der Waals surface area contributed by atoms with Gasteiger partial charge in [-0.1, -0.05) is 11.6 Å². The zero-order valence-electron chi connectivity index (χ0n) is 6.67. The van der Waals surface area contributed by atoms with Crippen LogP contribution in [-0.4, -0.2) is 18.2 Å². The van der Waals surface area contributed by atoms with Gasteiger partial charge in [0.05, 0.1) is 12.7 Å². The molecule has 5 heteroatoms. The second-order valence-electron chi connectivity index (χ2n) is 2.25. The Labute approximate surface area is 78.7 Å². The van der Waals surface area contributed by atoms with E-state index in [1.807, 2.05) is 0 Å². The van der Waals surface area contributed by atoms with E-state index in [4.69, 9.17) is 16.7 Å². The van der Waals surface area contributed by atoms with Crippen molar-refractivity contribution in [3.05, 3.63) is 28.5 Å². The molecule has 0 bridgehead atoms. The van der Waals surface area contributed by atoms with E-state index in [2.05, 4.69) is 4.74 Å². The molecule has 13 heavy (non-hydrogen) atoms. The first-order valence-corrected chi connectivity index (χ1v) is 3.71. The largest absolute Gasteiger partial charge is 0.492 e. The maximum atomic E-state index is 12.9. The van der Waals surface area contributed by atoms with Crippen LogP contribution >= 0.6 is 11.6 Å². The predicted octanol–water partition coefficient (Wildman–Crippen LogP) is 2.19. The van der Waals surface area contributed by atoms with Gasteiger partial charge >= 0.3 is 5.97 Å². The lowest BCUT2D eigenvalue weighted by molar-refractivity contribution is 0.0696. The van der Waals surface area contributed by atoms with Gasteiger partial charge in [-0.2, -0.15) is 0 Å². The number of aromatic carboxylic acids is 1. The number of carbonyl (C=O) groups is 1. The van der Waals surface area contributed by atoms with Gasteiger partial charge in [-0.05, 0) is 12.1 Å². The van der Waals surface area contributed by atoms with E-state index >= 15 is 0 Å². The molecule has 0 radical (unpaired) electrons. The average Bonchev–Trinajstić information content (AvgIpc) is 2.04. The summed E-state index contributed by atoms with van der Waals surface area (Å²) in [4.78, 5) is 10.5. The van der Waals surface area contributed by atoms with Gasteiger partial charge in [0.1, 0.15) is 5.02 Å². The monoisotopic (exact) mass is 204 g/mol. The summed E-state index contributed by atoms with van der Waals surface area (Å²) >= 11 is 5.56. The van der Waals surface area contributed by atoms with E-state index in [1.54, 1.807) is 0 Å². The van der Waals surface area contributed by atoms with Crippen LogP contribution in [-0.2, 0) is 0 Å². The maximum absolute atomic E-state index is 12.9. The molecule has 0 unspecified atom stereocenters. The minimum atomic E-state index is -1.22. The Balaban J connectivity index is 3.35. The third kappa shape index (κ3) is 1.72. The molecule has 1 N–H and O–H groups in total. The van der Waals surface area contributed by atoms with Crippen molar-refractivity contribution >= 4 is 17.6 Å². The summed E-state index contributed by atoms with van der Waals surface area (Å²) in [6.45, 7) is 0. The first-order chi connectivity index (χ1) is 6.07. The number of hydrogen-bond acceptors (Lipinski definition) is 2. The first kappa shape index (κ1) is 9.80. The molecule has 0 heterocycles. The summed E-state index contributed by atoms with van der Waals surface area (Å²) in [6, 6.07) is 2.08. The smallest absolute Gasteiger partial charge is 0.337 e. The minimum Gasteiger partial charge on any atom is -0.492 e. The average molecular weight is 205 g/mol. The molecule has 0 aliphatic rings. The number of ether oxygens (including phenoxy) is 1. The molecule has 1 rings (SSSR count). The van der Waals surface area contributed by atoms with Gasteiger partial charge < -0.3 is 9.84 Å². The zero-order valence-corrected chi connectivity index (χ0v) is 7.43. The van der Waals surface area contributed by atoms with E-state index in [0.29, 0.717) is 0 Å². The third-order valence-electron chi connectivity index (χ3n) is 1.48. The van der Waals surface area contributed by atoms with E-state index in [0.717, 1.165) is 12.1 Å². The molecule has 0 fully saturated rings. The van der Waals surface area contributed by atoms with Crippen molar-refractivity contribution in [1.29, 1.82) is 0 Å². The lowest BCUT2D eigenvalue weighted by Gasteiger charge is -2.05. The predicted molar refractivity (Wildman–Crippen MR) is 44.9 cm³/mol. The molecule has 0 aliphatic heterocycles. The second kappa shape index (κ2) is 3.62. The number of methoxy groups -OCH3 is 1. The highest BCUT2D eigenvalue weighted by Gasteiger charge is 2.16. The quantitative estimate of drug-likeness (QED) is 0.803. The fourth-order valence-electron chi connectivity index (χ4n) is 0.885. The van der Waals surface area contributed by atoms with Crippen molar-refractivity contribution < 1.29 is 19.0 Å². The van der Waals surface area contributed by atoms with Gasteiger partial charge in [0.15, 0.2) is 11.6 Å². The van der Waals surface area contributed by atoms with Crippen LogP contribution in [0.15, 0.2) is 12.1 Å². The molecule has 0 amide bonds. The Hall–Kier alpha value is -1.29. The van der Waals surface area contributed by atoms with E-state index < -0.39 is 11.8 Å². The Bertz CT molecular complexity index is 351. The molecule has 0 atom stereocenters. The Morgan fingerprint density at radius 2 is 2.23 bits per heavy atom. The number of carboxylic acids is 1. The summed E-state index contributed by atoms with van der Waals surface area (Å²) in [6.07, 6.45) is 0. The van der Waals surface area contributed by atoms with Crippen molar-refractivity contribution in [2.24, 2.45) is 0 Å². The second-order valence-corrected chi connectivity index (χ2v) is 2.63. The van der Waals surface area contributed by atoms with Crippen LogP contribution in [0.25, 0.3) is 0 Å². The molecule has 3 nitrogen and oxygen atoms in total. The summed E-state index contributed by atoms with van der Waals surface area (Å²) in [5.74, 6) is -2.15. The molecule has 0 saturated carbocycles. The maximum Gasteiger partial charge on any atom is 0.337 e. The number of hydrogen-bond donors (Lipinski definition) is 1. The zero-order chi connectivity index (χ0) is 10.0. The van der Waals surface area contributed by atoms with Gasteiger partial charge in [-0.25, -0.2) is 9.18 Å². The van der Waals surface area contributed by atoms with Crippen molar-refractivity contribution in [3.63, 3.8) is 0 Å². The first-order valence-electron chi connectivity index (χ1n) is 3.33. The highest BCUT2D eigenvalue weighted by Crippen LogP contribution is 2.30. The Morgan fingerprint density at radius 3 is 2.69 bits per heavy atom. The lowest BCUT2D eigenvalue weighted by atomic mass is 10.2. The SMILES string of the molecule is COc1c(F)ccc(C(=O)O)c1Cl. The molecule has 0 spiro atoms. The van der Waals surface area contributed by atoms with Crippen LogP contribution in [0.5, 0.6) is 5.75 Å². The Morgan fingerprint density at radius 1 is 1.62 bits per heavy atom. The molecule has 0 saturated heterocycles. The van der Waals surface area contributed by atoms with Gasteiger partial charge in [-0.15, -0.1) is 0 Å². The van der Waals surface area contributed by atoms with Crippen LogP contribution < -0.4 is 4.74 Å². The number of rotatable bonds is 2. The molecule has 1 aromatic rings. The van der Waals surface area contributed by atoms with E-state index in [1.165, 1.54) is 7.11 Å². The van der Waals surface area contributed by atoms with Crippen LogP contribution in [0.1, 0.15) is 10.4 Å². The van der Waals surface area contributed by atoms with Gasteiger partial charge in [0, 0.05) is 0 Å². The van der Waals surface area contributed by atoms with Crippen LogP contribution in [0.2, 0.25) is 5.02 Å². The van der Waals surface area contributed by atoms with E-state index in [-0.39, 0.29) is 16.3 Å². The van der Waals surface area contributed by atoms with Crippen molar-refractivity contribution in [2.45, 2.75) is 0 Å². The topological polar surface area (TPSA) is 46.5 Å². The van der Waals surface area contributed by atoms with Gasteiger partial charge in [0.25, 0.3) is 0 Å². The molecule has 0 aromatic heterocycles. The summed E-state index contributed by atoms with van der Waals surface area (Å²) in [5.41, 5.74) is -0.181. The van der Waals surface area contributed by atoms with Gasteiger partial charge in [0.2, 0.25) is 0 Å². The van der Waals surface area contributed by atoms with E-state index in [9.17, 15) is 9.18 Å². The summed E-state index contributed by atoms with van der Waals surface area (Å²) in [5, 5.41) is 8.39. The minimum absolute atomic E-state index is 0.181. The van der Waals surface area contributed by atoms with Crippen molar-refractivity contribution in [1.82, 2.24) is 0 Å². The summed E-state index contributed by atoms with van der Waals surface area (Å²) in [7, 11) is 1.22.